The van der Waals surface area contributed by atoms with E-state index in [4.69, 9.17) is 0 Å². The Bertz CT molecular complexity index is 382. The van der Waals surface area contributed by atoms with Crippen LogP contribution in [-0.4, -0.2) is 19.5 Å². The number of hydrogen-bond donors (Lipinski definition) is 2. The number of aryl methyl sites for hydroxylation is 1. The monoisotopic (exact) mass is 270 g/mol. The van der Waals surface area contributed by atoms with Crippen molar-refractivity contribution in [3.63, 3.8) is 0 Å². The van der Waals surface area contributed by atoms with Crippen LogP contribution in [0.3, 0.4) is 0 Å². The van der Waals surface area contributed by atoms with Crippen molar-refractivity contribution in [3.05, 3.63) is 35.4 Å². The van der Waals surface area contributed by atoms with Gasteiger partial charge < -0.3 is 10.6 Å². The molecule has 0 spiro atoms. The summed E-state index contributed by atoms with van der Waals surface area (Å²) in [5, 5.41) is 6.05. The van der Waals surface area contributed by atoms with Gasteiger partial charge in [0.05, 0.1) is 6.04 Å². The smallest absolute Gasteiger partial charge is 0.224 e. The minimum Gasteiger partial charge on any atom is -0.349 e. The van der Waals surface area contributed by atoms with Gasteiger partial charge in [-0.3, -0.25) is 4.79 Å². The molecule has 0 heterocycles. The molecule has 1 aromatic rings. The topological polar surface area (TPSA) is 41.1 Å². The minimum atomic E-state index is -0.00790. The number of nitrogens with one attached hydrogen (secondary N) is 2. The molecule has 0 aliphatic heterocycles. The van der Waals surface area contributed by atoms with Gasteiger partial charge in [0.25, 0.3) is 0 Å². The third-order valence-corrected chi connectivity index (χ3v) is 2.97. The Kier molecular flexibility index (Phi) is 7.64. The molecule has 3 nitrogen and oxygen atoms in total. The lowest BCUT2D eigenvalue weighted by Crippen LogP contribution is -2.35. The number of rotatable bonds is 5. The van der Waals surface area contributed by atoms with E-state index in [1.165, 1.54) is 11.1 Å². The van der Waals surface area contributed by atoms with Crippen molar-refractivity contribution in [1.29, 1.82) is 0 Å². The zero-order valence-electron chi connectivity index (χ0n) is 11.5. The van der Waals surface area contributed by atoms with Crippen LogP contribution in [0.15, 0.2) is 24.3 Å². The standard InChI is InChI=1S/C14H22N2O.ClH/c1-10-7-5-6-8-13(10)12(3)16-14(17)11(2)9-15-4;/h5-8,11-12,15H,9H2,1-4H3,(H,16,17);1H. The molecule has 1 aromatic carbocycles. The Labute approximate surface area is 116 Å². The third-order valence-electron chi connectivity index (χ3n) is 2.97. The fourth-order valence-corrected chi connectivity index (χ4v) is 1.90. The normalized spacial score (nSPS) is 13.3. The fraction of sp³-hybridized carbons (Fsp3) is 0.500. The first-order chi connectivity index (χ1) is 8.06. The molecule has 0 saturated heterocycles. The van der Waals surface area contributed by atoms with E-state index in [-0.39, 0.29) is 30.3 Å². The van der Waals surface area contributed by atoms with Gasteiger partial charge in [0.15, 0.2) is 0 Å². The molecule has 0 bridgehead atoms. The van der Waals surface area contributed by atoms with Crippen LogP contribution >= 0.6 is 12.4 Å². The zero-order chi connectivity index (χ0) is 12.8. The Morgan fingerprint density at radius 2 is 1.89 bits per heavy atom. The average Bonchev–Trinajstić information content (AvgIpc) is 2.29. The van der Waals surface area contributed by atoms with Gasteiger partial charge in [-0.05, 0) is 32.0 Å². The first kappa shape index (κ1) is 16.9. The Hall–Kier alpha value is -1.06. The van der Waals surface area contributed by atoms with Gasteiger partial charge in [0.2, 0.25) is 5.91 Å². The minimum absolute atomic E-state index is 0. The summed E-state index contributed by atoms with van der Waals surface area (Å²) in [4.78, 5) is 11.9. The number of halogens is 1. The van der Waals surface area contributed by atoms with Crippen molar-refractivity contribution in [3.8, 4) is 0 Å². The van der Waals surface area contributed by atoms with Gasteiger partial charge in [-0.25, -0.2) is 0 Å². The molecule has 18 heavy (non-hydrogen) atoms. The van der Waals surface area contributed by atoms with E-state index < -0.39 is 0 Å². The summed E-state index contributed by atoms with van der Waals surface area (Å²) in [6, 6.07) is 8.19. The zero-order valence-corrected chi connectivity index (χ0v) is 12.3. The lowest BCUT2D eigenvalue weighted by Gasteiger charge is -2.19. The largest absolute Gasteiger partial charge is 0.349 e. The molecular formula is C14H23ClN2O. The molecule has 0 radical (unpaired) electrons. The second-order valence-corrected chi connectivity index (χ2v) is 4.55. The van der Waals surface area contributed by atoms with E-state index in [1.807, 2.05) is 33.0 Å². The maximum atomic E-state index is 11.9. The van der Waals surface area contributed by atoms with Gasteiger partial charge >= 0.3 is 0 Å². The summed E-state index contributed by atoms with van der Waals surface area (Å²) in [6.45, 7) is 6.71. The highest BCUT2D eigenvalue weighted by Crippen LogP contribution is 2.16. The third kappa shape index (κ3) is 4.67. The number of amides is 1. The summed E-state index contributed by atoms with van der Waals surface area (Å²) < 4.78 is 0. The van der Waals surface area contributed by atoms with Gasteiger partial charge in [-0.1, -0.05) is 31.2 Å². The summed E-state index contributed by atoms with van der Waals surface area (Å²) in [6.07, 6.45) is 0. The molecular weight excluding hydrogens is 248 g/mol. The molecule has 0 saturated carbocycles. The van der Waals surface area contributed by atoms with Crippen molar-refractivity contribution in [2.75, 3.05) is 13.6 Å². The molecule has 1 amide bonds. The van der Waals surface area contributed by atoms with Crippen LogP contribution in [0.5, 0.6) is 0 Å². The Balaban J connectivity index is 0.00000289. The highest BCUT2D eigenvalue weighted by atomic mass is 35.5. The van der Waals surface area contributed by atoms with Crippen LogP contribution in [0.4, 0.5) is 0 Å². The molecule has 0 aromatic heterocycles. The highest BCUT2D eigenvalue weighted by molar-refractivity contribution is 5.85. The molecule has 0 fully saturated rings. The van der Waals surface area contributed by atoms with Crippen molar-refractivity contribution in [2.24, 2.45) is 5.92 Å². The molecule has 4 heteroatoms. The summed E-state index contributed by atoms with van der Waals surface area (Å²) >= 11 is 0. The molecule has 2 atom stereocenters. The van der Waals surface area contributed by atoms with Crippen molar-refractivity contribution < 1.29 is 4.79 Å². The van der Waals surface area contributed by atoms with E-state index in [0.717, 1.165) is 0 Å². The van der Waals surface area contributed by atoms with Gasteiger partial charge in [-0.2, -0.15) is 0 Å². The second kappa shape index (κ2) is 8.11. The van der Waals surface area contributed by atoms with Gasteiger partial charge in [0, 0.05) is 12.5 Å². The number of benzene rings is 1. The van der Waals surface area contributed by atoms with Crippen LogP contribution in [0.1, 0.15) is 31.0 Å². The first-order valence-corrected chi connectivity index (χ1v) is 6.06. The SMILES string of the molecule is CNCC(C)C(=O)NC(C)c1ccccc1C.Cl. The fourth-order valence-electron chi connectivity index (χ4n) is 1.90. The van der Waals surface area contributed by atoms with Crippen LogP contribution in [0.2, 0.25) is 0 Å². The van der Waals surface area contributed by atoms with Crippen LogP contribution in [-0.2, 0) is 4.79 Å². The van der Waals surface area contributed by atoms with Gasteiger partial charge in [-0.15, -0.1) is 12.4 Å². The predicted octanol–water partition coefficient (Wildman–Crippen LogP) is 2.45. The van der Waals surface area contributed by atoms with E-state index in [9.17, 15) is 4.79 Å². The molecule has 102 valence electrons. The quantitative estimate of drug-likeness (QED) is 0.863. The van der Waals surface area contributed by atoms with Crippen molar-refractivity contribution >= 4 is 18.3 Å². The van der Waals surface area contributed by atoms with E-state index in [1.54, 1.807) is 0 Å². The number of carbonyl (C=O) groups excluding carboxylic acids is 1. The number of hydrogen-bond acceptors (Lipinski definition) is 2. The second-order valence-electron chi connectivity index (χ2n) is 4.55. The predicted molar refractivity (Wildman–Crippen MR) is 78.1 cm³/mol. The summed E-state index contributed by atoms with van der Waals surface area (Å²) in [5.41, 5.74) is 2.39. The summed E-state index contributed by atoms with van der Waals surface area (Å²) in [7, 11) is 1.86. The highest BCUT2D eigenvalue weighted by Gasteiger charge is 2.16. The van der Waals surface area contributed by atoms with Crippen LogP contribution in [0.25, 0.3) is 0 Å². The maximum Gasteiger partial charge on any atom is 0.224 e. The van der Waals surface area contributed by atoms with Crippen LogP contribution in [0, 0.1) is 12.8 Å². The lowest BCUT2D eigenvalue weighted by atomic mass is 10.0. The van der Waals surface area contributed by atoms with Crippen LogP contribution < -0.4 is 10.6 Å². The van der Waals surface area contributed by atoms with E-state index >= 15 is 0 Å². The molecule has 0 aliphatic rings. The number of carbonyl (C=O) groups is 1. The van der Waals surface area contributed by atoms with Crippen molar-refractivity contribution in [2.45, 2.75) is 26.8 Å². The van der Waals surface area contributed by atoms with Gasteiger partial charge in [0.1, 0.15) is 0 Å². The molecule has 1 rings (SSSR count). The molecule has 2 unspecified atom stereocenters. The Morgan fingerprint density at radius 1 is 1.28 bits per heavy atom. The van der Waals surface area contributed by atoms with E-state index in [2.05, 4.69) is 29.7 Å². The first-order valence-electron chi connectivity index (χ1n) is 6.06. The lowest BCUT2D eigenvalue weighted by molar-refractivity contribution is -0.125. The molecule has 0 aliphatic carbocycles. The van der Waals surface area contributed by atoms with Crippen molar-refractivity contribution in [1.82, 2.24) is 10.6 Å². The summed E-state index contributed by atoms with van der Waals surface area (Å²) in [5.74, 6) is 0.0848. The van der Waals surface area contributed by atoms with E-state index in [0.29, 0.717) is 6.54 Å². The maximum absolute atomic E-state index is 11.9. The Morgan fingerprint density at radius 3 is 2.44 bits per heavy atom. The molecule has 2 N–H and O–H groups in total. The average molecular weight is 271 g/mol.